The molecule has 0 aromatic heterocycles. The minimum atomic E-state index is -1.15. The zero-order valence-corrected chi connectivity index (χ0v) is 44.6. The van der Waals surface area contributed by atoms with Gasteiger partial charge in [0.1, 0.15) is 23.0 Å². The first-order chi connectivity index (χ1) is 40.1. The Kier molecular flexibility index (Phi) is 13.6. The van der Waals surface area contributed by atoms with Crippen LogP contribution in [-0.2, 0) is 58.0 Å². The molecule has 0 radical (unpaired) electrons. The van der Waals surface area contributed by atoms with E-state index in [0.717, 1.165) is 65.0 Å². The van der Waals surface area contributed by atoms with Gasteiger partial charge in [0.2, 0.25) is 0 Å². The Morgan fingerprint density at radius 2 is 0.573 bits per heavy atom. The molecule has 1 aliphatic carbocycles. The van der Waals surface area contributed by atoms with Crippen LogP contribution >= 0.6 is 0 Å². The third-order valence-electron chi connectivity index (χ3n) is 15.8. The van der Waals surface area contributed by atoms with Crippen LogP contribution in [0.1, 0.15) is 55.6 Å². The number of ether oxygens (including phenoxy) is 4. The number of para-hydroxylation sites is 4. The fourth-order valence-corrected chi connectivity index (χ4v) is 12.2. The van der Waals surface area contributed by atoms with Crippen molar-refractivity contribution in [2.24, 2.45) is 0 Å². The van der Waals surface area contributed by atoms with Gasteiger partial charge in [-0.1, -0.05) is 182 Å². The van der Waals surface area contributed by atoms with Crippen molar-refractivity contribution < 1.29 is 48.3 Å². The second-order valence-corrected chi connectivity index (χ2v) is 21.0. The van der Waals surface area contributed by atoms with Gasteiger partial charge in [0, 0.05) is 38.8 Å². The summed E-state index contributed by atoms with van der Waals surface area (Å²) in [7, 11) is 0. The number of fused-ring (bicyclic) bond motifs is 8. The number of nitrogens with one attached hydrogen (secondary N) is 2. The van der Waals surface area contributed by atoms with E-state index in [4.69, 9.17) is 18.9 Å². The molecule has 0 spiro atoms. The van der Waals surface area contributed by atoms with Crippen molar-refractivity contribution in [3.63, 3.8) is 0 Å². The summed E-state index contributed by atoms with van der Waals surface area (Å²) >= 11 is 0. The molecule has 8 bridgehead atoms. The van der Waals surface area contributed by atoms with Crippen molar-refractivity contribution in [2.45, 2.75) is 38.8 Å². The van der Waals surface area contributed by atoms with Crippen LogP contribution in [0.15, 0.2) is 182 Å². The minimum Gasteiger partial charge on any atom is -0.483 e. The molecular weight excluding hydrogens is 1030 g/mol. The second kappa shape index (κ2) is 21.8. The lowest BCUT2D eigenvalue weighted by Gasteiger charge is -2.22. The topological polar surface area (TPSA) is 170 Å². The number of carbonyl (C=O) groups is 4. The van der Waals surface area contributed by atoms with Crippen molar-refractivity contribution in [1.29, 1.82) is 0 Å². The van der Waals surface area contributed by atoms with Gasteiger partial charge in [-0.2, -0.15) is 0 Å². The van der Waals surface area contributed by atoms with E-state index in [0.29, 0.717) is 67.5 Å². The maximum atomic E-state index is 14.0. The van der Waals surface area contributed by atoms with Crippen molar-refractivity contribution in [2.75, 3.05) is 26.4 Å². The number of hydrogen-bond acceptors (Lipinski definition) is 8. The van der Waals surface area contributed by atoms with E-state index < -0.39 is 25.2 Å². The summed E-state index contributed by atoms with van der Waals surface area (Å²) in [6, 6.07) is 60.6. The maximum absolute atomic E-state index is 14.0. The lowest BCUT2D eigenvalue weighted by atomic mass is 9.91. The Balaban J connectivity index is 0.818. The van der Waals surface area contributed by atoms with Crippen molar-refractivity contribution in [3.05, 3.63) is 238 Å². The van der Waals surface area contributed by atoms with Gasteiger partial charge >= 0.3 is 11.9 Å². The smallest absolute Gasteiger partial charge is 0.341 e. The van der Waals surface area contributed by atoms with Crippen LogP contribution in [-0.4, -0.2) is 60.4 Å². The lowest BCUT2D eigenvalue weighted by Crippen LogP contribution is -2.29. The normalized spacial score (nSPS) is 12.3. The first kappa shape index (κ1) is 51.3. The monoisotopic (exact) mass is 1080 g/mol. The van der Waals surface area contributed by atoms with Gasteiger partial charge in [0.15, 0.2) is 26.4 Å². The SMILES string of the molecule is O=C(O)COc1c2cccc1Cc1cccc(c1OCC(=O)NCc1ccc3ccc4cccc5ccc1c3c45)Cc1cccc(c1OCC(=O)O)Cc1cccc(c1OCC(=O)NCc1ccc3ccc4cccc5ccc1c3c45)C2. The van der Waals surface area contributed by atoms with Gasteiger partial charge in [0.05, 0.1) is 0 Å². The summed E-state index contributed by atoms with van der Waals surface area (Å²) in [4.78, 5) is 52.4. The molecule has 0 atom stereocenters. The number of amides is 2. The Bertz CT molecular complexity index is 4090. The van der Waals surface area contributed by atoms with Gasteiger partial charge in [-0.05, 0) is 120 Å². The predicted octanol–water partition coefficient (Wildman–Crippen LogP) is 12.5. The highest BCUT2D eigenvalue weighted by Crippen LogP contribution is 2.41. The van der Waals surface area contributed by atoms with Gasteiger partial charge in [-0.15, -0.1) is 0 Å². The number of rotatable bonds is 16. The zero-order chi connectivity index (χ0) is 55.8. The molecule has 404 valence electrons. The van der Waals surface area contributed by atoms with Crippen LogP contribution in [0.5, 0.6) is 23.0 Å². The molecule has 12 aromatic rings. The van der Waals surface area contributed by atoms with Crippen LogP contribution in [0.3, 0.4) is 0 Å². The number of hydrogen-bond donors (Lipinski definition) is 4. The Hall–Kier alpha value is -10.2. The molecular formula is C70H54N2O10. The molecule has 12 aromatic carbocycles. The van der Waals surface area contributed by atoms with Crippen LogP contribution in [0, 0.1) is 0 Å². The Morgan fingerprint density at radius 3 is 0.878 bits per heavy atom. The summed E-state index contributed by atoms with van der Waals surface area (Å²) < 4.78 is 25.6. The summed E-state index contributed by atoms with van der Waals surface area (Å²) in [6.45, 7) is -1.33. The number of benzene rings is 12. The van der Waals surface area contributed by atoms with Crippen LogP contribution in [0.25, 0.3) is 64.6 Å². The van der Waals surface area contributed by atoms with Gasteiger partial charge < -0.3 is 39.8 Å². The molecule has 12 nitrogen and oxygen atoms in total. The van der Waals surface area contributed by atoms with E-state index in [1.807, 2.05) is 84.9 Å². The molecule has 82 heavy (non-hydrogen) atoms. The maximum Gasteiger partial charge on any atom is 0.341 e. The molecule has 12 heteroatoms. The molecule has 1 aliphatic rings. The summed E-state index contributed by atoms with van der Waals surface area (Å²) in [5.74, 6) is -1.35. The van der Waals surface area contributed by atoms with Gasteiger partial charge in [-0.25, -0.2) is 9.59 Å². The quantitative estimate of drug-likeness (QED) is 0.0683. The second-order valence-electron chi connectivity index (χ2n) is 21.0. The van der Waals surface area contributed by atoms with Crippen molar-refractivity contribution in [1.82, 2.24) is 10.6 Å². The molecule has 13 rings (SSSR count). The first-order valence-electron chi connectivity index (χ1n) is 27.3. The molecule has 0 fully saturated rings. The third-order valence-corrected chi connectivity index (χ3v) is 15.8. The fourth-order valence-electron chi connectivity index (χ4n) is 12.2. The molecule has 2 amide bonds. The van der Waals surface area contributed by atoms with Crippen molar-refractivity contribution in [3.8, 4) is 23.0 Å². The zero-order valence-electron chi connectivity index (χ0n) is 44.6. The predicted molar refractivity (Wildman–Crippen MR) is 318 cm³/mol. The van der Waals surface area contributed by atoms with E-state index in [-0.39, 0.29) is 63.8 Å². The summed E-state index contributed by atoms with van der Waals surface area (Å²) in [5.41, 5.74) is 7.42. The van der Waals surface area contributed by atoms with E-state index in [1.165, 1.54) is 10.8 Å². The van der Waals surface area contributed by atoms with Gasteiger partial charge in [0.25, 0.3) is 11.8 Å². The first-order valence-corrected chi connectivity index (χ1v) is 27.3. The highest BCUT2D eigenvalue weighted by Gasteiger charge is 2.24. The lowest BCUT2D eigenvalue weighted by molar-refractivity contribution is -0.140. The Morgan fingerprint density at radius 1 is 0.317 bits per heavy atom. The highest BCUT2D eigenvalue weighted by atomic mass is 16.5. The standard InChI is InChI=1S/C70H54N2O10/c73-59(71-35-55-25-23-45-21-19-41-7-1-9-43-27-29-57(55)65(45)63(41)43)37-79-67-47-11-3-12-48(67)32-52-16-6-18-54(70(52)82-40-62(77)78)34-50-14-4-13-49(33-53-17-5-15-51(31-47)69(53)81-39-61(75)76)68(50)80-38-60(74)72-36-56-26-24-46-22-20-42-8-2-10-44-28-30-58(56)66(46)64(42)44/h1-30H,31-40H2,(H,71,73)(H,72,74)(H,75,76)(H,77,78). The third kappa shape index (κ3) is 10.00. The largest absolute Gasteiger partial charge is 0.483 e. The Labute approximate surface area is 471 Å². The van der Waals surface area contributed by atoms with Crippen LogP contribution in [0.2, 0.25) is 0 Å². The molecule has 0 saturated carbocycles. The molecule has 0 aliphatic heterocycles. The van der Waals surface area contributed by atoms with Crippen molar-refractivity contribution >= 4 is 88.4 Å². The van der Waals surface area contributed by atoms with Gasteiger partial charge in [-0.3, -0.25) is 9.59 Å². The van der Waals surface area contributed by atoms with E-state index in [9.17, 15) is 29.4 Å². The van der Waals surface area contributed by atoms with Crippen LogP contribution in [0.4, 0.5) is 0 Å². The molecule has 0 unspecified atom stereocenters. The average Bonchev–Trinajstić information content (AvgIpc) is 3.59. The van der Waals surface area contributed by atoms with E-state index in [2.05, 4.69) is 108 Å². The molecule has 0 heterocycles. The highest BCUT2D eigenvalue weighted by molar-refractivity contribution is 6.24. The number of carboxylic acids is 2. The summed E-state index contributed by atoms with van der Waals surface area (Å²) in [6.07, 6.45) is 0.867. The summed E-state index contributed by atoms with van der Waals surface area (Å²) in [5, 5.41) is 39.8. The average molecular weight is 1080 g/mol. The minimum absolute atomic E-state index is 0.217. The number of carbonyl (C=O) groups excluding carboxylic acids is 2. The number of aliphatic carboxylic acids is 2. The molecule has 0 saturated heterocycles. The fraction of sp³-hybridized carbons (Fsp3) is 0.143. The van der Waals surface area contributed by atoms with E-state index >= 15 is 0 Å². The van der Waals surface area contributed by atoms with E-state index in [1.54, 1.807) is 0 Å². The van der Waals surface area contributed by atoms with Crippen LogP contribution < -0.4 is 29.6 Å². The number of carboxylic acid groups (broad SMARTS) is 2. The molecule has 4 N–H and O–H groups in total.